The Hall–Kier alpha value is 1.35. The van der Waals surface area contributed by atoms with Gasteiger partial charge in [0.2, 0.25) is 0 Å². The molecule has 1 rings (SSSR count). The van der Waals surface area contributed by atoms with Crippen molar-refractivity contribution in [3.8, 4) is 0 Å². The number of nitrogens with zero attached hydrogens (tertiary/aromatic N) is 1. The zero-order valence-corrected chi connectivity index (χ0v) is 13.7. The van der Waals surface area contributed by atoms with Gasteiger partial charge in [0, 0.05) is 6.42 Å². The van der Waals surface area contributed by atoms with Gasteiger partial charge in [-0.2, -0.15) is 0 Å². The van der Waals surface area contributed by atoms with E-state index in [1.807, 2.05) is 6.07 Å². The van der Waals surface area contributed by atoms with Gasteiger partial charge in [0.05, 0.1) is 0 Å². The van der Waals surface area contributed by atoms with E-state index in [1.54, 1.807) is 0 Å². The zero-order valence-electron chi connectivity index (χ0n) is 6.76. The van der Waals surface area contributed by atoms with E-state index in [-0.39, 0.29) is 24.0 Å². The second kappa shape index (κ2) is 6.76. The molecule has 0 aliphatic heterocycles. The molecular weight excluding hydrogens is 477 g/mol. The van der Waals surface area contributed by atoms with E-state index >= 15 is 0 Å². The molecule has 0 radical (unpaired) electrons. The van der Waals surface area contributed by atoms with Crippen molar-refractivity contribution in [1.82, 2.24) is 0 Å². The summed E-state index contributed by atoms with van der Waals surface area (Å²) < 4.78 is 0.474. The summed E-state index contributed by atoms with van der Waals surface area (Å²) >= 11 is 10.2. The summed E-state index contributed by atoms with van der Waals surface area (Å²) in [7, 11) is 0. The van der Waals surface area contributed by atoms with E-state index in [0.717, 1.165) is 13.0 Å². The largest absolute Gasteiger partial charge is 1.00 e. The highest BCUT2D eigenvalue weighted by atomic mass is 127. The lowest BCUT2D eigenvalue weighted by Gasteiger charge is -2.10. The van der Waals surface area contributed by atoms with Crippen LogP contribution in [0.4, 0.5) is 0 Å². The fourth-order valence-corrected chi connectivity index (χ4v) is 1.43. The zero-order chi connectivity index (χ0) is 9.03. The van der Waals surface area contributed by atoms with Crippen molar-refractivity contribution in [3.05, 3.63) is 35.9 Å². The number of halogens is 4. The Morgan fingerprint density at radius 2 is 1.54 bits per heavy atom. The fourth-order valence-electron chi connectivity index (χ4n) is 0.901. The van der Waals surface area contributed by atoms with E-state index in [1.165, 1.54) is 5.56 Å². The fraction of sp³-hybridized carbons (Fsp3) is 0.250. The molecule has 0 aliphatic carbocycles. The van der Waals surface area contributed by atoms with Crippen LogP contribution in [-0.2, 0) is 6.42 Å². The molecule has 0 aromatic heterocycles. The van der Waals surface area contributed by atoms with Gasteiger partial charge in [-0.3, -0.25) is 0 Å². The van der Waals surface area contributed by atoms with Gasteiger partial charge in [-0.25, -0.2) is 0 Å². The maximum Gasteiger partial charge on any atom is 0.252 e. The van der Waals surface area contributed by atoms with Crippen LogP contribution in [0, 0.1) is 0 Å². The number of benzene rings is 1. The third-order valence-corrected chi connectivity index (χ3v) is 2.56. The van der Waals surface area contributed by atoms with Crippen LogP contribution < -0.4 is 24.0 Å². The van der Waals surface area contributed by atoms with Crippen LogP contribution in [0.1, 0.15) is 5.56 Å². The molecule has 0 spiro atoms. The molecule has 0 amide bonds. The van der Waals surface area contributed by atoms with E-state index in [4.69, 9.17) is 0 Å². The minimum absolute atomic E-state index is 0. The van der Waals surface area contributed by atoms with Crippen LogP contribution in [-0.4, -0.2) is 8.11 Å². The summed E-state index contributed by atoms with van der Waals surface area (Å²) in [5.74, 6) is 0. The molecule has 1 aromatic rings. The highest BCUT2D eigenvalue weighted by Crippen LogP contribution is 2.29. The Morgan fingerprint density at radius 1 is 1.00 bits per heavy atom. The molecule has 0 fully saturated rings. The summed E-state index contributed by atoms with van der Waals surface area (Å²) in [6, 6.07) is 10.4. The van der Waals surface area contributed by atoms with Crippen LogP contribution >= 0.6 is 48.4 Å². The standard InChI is InChI=1S/C8H9Br3N.HI/c9-12(10,11)7-6-8-4-2-1-3-5-8;/h1-5H,6-7H2;1H/q+1;/p-1. The molecule has 0 saturated heterocycles. The van der Waals surface area contributed by atoms with Gasteiger partial charge >= 0.3 is 0 Å². The van der Waals surface area contributed by atoms with Gasteiger partial charge in [-0.1, -0.05) is 30.3 Å². The van der Waals surface area contributed by atoms with Crippen molar-refractivity contribution in [2.24, 2.45) is 0 Å². The van der Waals surface area contributed by atoms with E-state index < -0.39 is 0 Å². The van der Waals surface area contributed by atoms with Crippen molar-refractivity contribution >= 4 is 48.4 Å². The molecule has 0 atom stereocenters. The third-order valence-electron chi connectivity index (χ3n) is 1.50. The highest BCUT2D eigenvalue weighted by molar-refractivity contribution is 9.27. The van der Waals surface area contributed by atoms with E-state index in [2.05, 4.69) is 72.7 Å². The Labute approximate surface area is 122 Å². The second-order valence-corrected chi connectivity index (χ2v) is 9.00. The smallest absolute Gasteiger partial charge is 0.252 e. The van der Waals surface area contributed by atoms with Crippen molar-refractivity contribution < 1.29 is 25.5 Å². The van der Waals surface area contributed by atoms with Gasteiger partial charge < -0.3 is 24.0 Å². The maximum absolute atomic E-state index is 3.41. The molecule has 0 aliphatic rings. The molecule has 74 valence electrons. The maximum atomic E-state index is 3.41. The molecule has 0 unspecified atom stereocenters. The van der Waals surface area contributed by atoms with Crippen LogP contribution in [0.2, 0.25) is 0 Å². The van der Waals surface area contributed by atoms with Crippen LogP contribution in [0.5, 0.6) is 0 Å². The monoisotopic (exact) mass is 483 g/mol. The van der Waals surface area contributed by atoms with Gasteiger partial charge in [-0.05, 0) is 5.56 Å². The molecule has 1 nitrogen and oxygen atoms in total. The first-order valence-electron chi connectivity index (χ1n) is 3.59. The van der Waals surface area contributed by atoms with Crippen LogP contribution in [0.25, 0.3) is 0 Å². The molecule has 0 bridgehead atoms. The quantitative estimate of drug-likeness (QED) is 0.442. The Kier molecular flexibility index (Phi) is 7.47. The molecule has 5 heteroatoms. The van der Waals surface area contributed by atoms with E-state index in [0.29, 0.717) is 1.56 Å². The Morgan fingerprint density at radius 3 is 2.00 bits per heavy atom. The summed E-state index contributed by atoms with van der Waals surface area (Å²) in [4.78, 5) is 0. The summed E-state index contributed by atoms with van der Waals surface area (Å²) in [6.45, 7) is 0.948. The summed E-state index contributed by atoms with van der Waals surface area (Å²) in [5.41, 5.74) is 1.35. The number of rotatable bonds is 3. The lowest BCUT2D eigenvalue weighted by Crippen LogP contribution is -3.00. The molecule has 0 saturated carbocycles. The molecule has 0 N–H and O–H groups in total. The van der Waals surface area contributed by atoms with Gasteiger partial charge in [-0.15, -0.1) is 1.56 Å². The van der Waals surface area contributed by atoms with Crippen molar-refractivity contribution in [1.29, 1.82) is 0 Å². The predicted molar refractivity (Wildman–Crippen MR) is 62.1 cm³/mol. The Bertz CT molecular complexity index is 235. The number of hydrogen-bond acceptors (Lipinski definition) is 0. The van der Waals surface area contributed by atoms with Crippen molar-refractivity contribution in [3.63, 3.8) is 0 Å². The predicted octanol–water partition coefficient (Wildman–Crippen LogP) is 0.980. The lowest BCUT2D eigenvalue weighted by atomic mass is 10.2. The van der Waals surface area contributed by atoms with Gasteiger partial charge in [0.15, 0.2) is 0 Å². The van der Waals surface area contributed by atoms with Crippen molar-refractivity contribution in [2.45, 2.75) is 6.42 Å². The molecular formula is C8H9Br3IN. The SMILES string of the molecule is Br[N+](Br)(Br)CCc1ccccc1.[I-]. The third kappa shape index (κ3) is 7.30. The molecule has 13 heavy (non-hydrogen) atoms. The topological polar surface area (TPSA) is 0 Å². The summed E-state index contributed by atoms with van der Waals surface area (Å²) in [5, 5.41) is 0. The molecule has 1 aromatic carbocycles. The first-order valence-corrected chi connectivity index (χ1v) is 5.72. The first kappa shape index (κ1) is 14.3. The minimum atomic E-state index is 0. The lowest BCUT2D eigenvalue weighted by molar-refractivity contribution is -0.418. The summed E-state index contributed by atoms with van der Waals surface area (Å²) in [6.07, 6.45) is 1.03. The number of quaternary nitrogens is 1. The highest BCUT2D eigenvalue weighted by Gasteiger charge is 2.17. The van der Waals surface area contributed by atoms with E-state index in [9.17, 15) is 0 Å². The second-order valence-electron chi connectivity index (χ2n) is 2.51. The van der Waals surface area contributed by atoms with Crippen LogP contribution in [0.15, 0.2) is 30.3 Å². The van der Waals surface area contributed by atoms with Gasteiger partial charge in [0.25, 0.3) is 48.4 Å². The van der Waals surface area contributed by atoms with Gasteiger partial charge in [0.1, 0.15) is 6.54 Å². The first-order chi connectivity index (χ1) is 5.58. The minimum Gasteiger partial charge on any atom is -1.00 e. The average Bonchev–Trinajstić information content (AvgIpc) is 2.02. The Balaban J connectivity index is 0.00000144. The normalized spacial score (nSPS) is 10.7. The number of hydrogen-bond donors (Lipinski definition) is 0. The van der Waals surface area contributed by atoms with Crippen LogP contribution in [0.3, 0.4) is 0 Å². The average molecular weight is 486 g/mol. The molecule has 0 heterocycles. The van der Waals surface area contributed by atoms with Crippen molar-refractivity contribution in [2.75, 3.05) is 6.54 Å².